The molecule has 0 saturated heterocycles. The minimum absolute atomic E-state index is 0.183. The van der Waals surface area contributed by atoms with Gasteiger partial charge in [-0.15, -0.1) is 11.3 Å². The normalized spacial score (nSPS) is 15.0. The minimum Gasteiger partial charge on any atom is -0.497 e. The van der Waals surface area contributed by atoms with Gasteiger partial charge in [0.15, 0.2) is 0 Å². The van der Waals surface area contributed by atoms with Gasteiger partial charge in [0.1, 0.15) is 22.1 Å². The van der Waals surface area contributed by atoms with Crippen molar-refractivity contribution in [3.05, 3.63) is 47.8 Å². The number of thiazole rings is 1. The lowest BCUT2D eigenvalue weighted by molar-refractivity contribution is 0.116. The lowest BCUT2D eigenvalue weighted by Crippen LogP contribution is -2.39. The van der Waals surface area contributed by atoms with Crippen LogP contribution in [-0.2, 0) is 0 Å². The van der Waals surface area contributed by atoms with Crippen LogP contribution in [-0.4, -0.2) is 24.2 Å². The third kappa shape index (κ3) is 3.20. The number of benzene rings is 2. The second-order valence-corrected chi connectivity index (χ2v) is 7.55. The quantitative estimate of drug-likeness (QED) is 0.715. The molecule has 25 heavy (non-hydrogen) atoms. The van der Waals surface area contributed by atoms with Crippen molar-refractivity contribution >= 4 is 17.0 Å². The Morgan fingerprint density at radius 1 is 1.12 bits per heavy atom. The van der Waals surface area contributed by atoms with Crippen molar-refractivity contribution in [1.29, 1.82) is 0 Å². The maximum Gasteiger partial charge on any atom is 0.143 e. The van der Waals surface area contributed by atoms with Crippen LogP contribution in [0.2, 0.25) is 0 Å². The summed E-state index contributed by atoms with van der Waals surface area (Å²) in [5.41, 5.74) is 4.00. The fraction of sp³-hybridized carbons (Fsp3) is 0.250. The van der Waals surface area contributed by atoms with Crippen molar-refractivity contribution in [3.8, 4) is 33.3 Å². The predicted molar refractivity (Wildman–Crippen MR) is 103 cm³/mol. The van der Waals surface area contributed by atoms with Crippen molar-refractivity contribution in [1.82, 2.24) is 4.98 Å². The molecule has 2 heterocycles. The molecule has 4 rings (SSSR count). The van der Waals surface area contributed by atoms with Crippen LogP contribution in [0.15, 0.2) is 47.8 Å². The van der Waals surface area contributed by atoms with E-state index in [1.54, 1.807) is 18.4 Å². The number of ether oxygens (including phenoxy) is 2. The van der Waals surface area contributed by atoms with Crippen LogP contribution in [0, 0.1) is 0 Å². The Kier molecular flexibility index (Phi) is 3.88. The molecule has 4 nitrogen and oxygen atoms in total. The summed E-state index contributed by atoms with van der Waals surface area (Å²) in [6.07, 6.45) is 0. The van der Waals surface area contributed by atoms with Crippen molar-refractivity contribution in [3.63, 3.8) is 0 Å². The zero-order valence-electron chi connectivity index (χ0n) is 14.5. The van der Waals surface area contributed by atoms with Crippen molar-refractivity contribution in [2.45, 2.75) is 19.4 Å². The van der Waals surface area contributed by atoms with Crippen LogP contribution in [0.1, 0.15) is 13.8 Å². The van der Waals surface area contributed by atoms with Gasteiger partial charge in [-0.3, -0.25) is 0 Å². The molecule has 0 bridgehead atoms. The van der Waals surface area contributed by atoms with Gasteiger partial charge in [-0.25, -0.2) is 4.98 Å². The number of nitrogens with zero attached hydrogens (tertiary/aromatic N) is 1. The number of methoxy groups -OCH3 is 1. The van der Waals surface area contributed by atoms with Crippen molar-refractivity contribution < 1.29 is 9.47 Å². The van der Waals surface area contributed by atoms with E-state index in [9.17, 15) is 0 Å². The van der Waals surface area contributed by atoms with Gasteiger partial charge < -0.3 is 14.8 Å². The van der Waals surface area contributed by atoms with E-state index in [0.717, 1.165) is 45.6 Å². The summed E-state index contributed by atoms with van der Waals surface area (Å²) < 4.78 is 11.2. The van der Waals surface area contributed by atoms with Gasteiger partial charge in [0.05, 0.1) is 25.0 Å². The van der Waals surface area contributed by atoms with Crippen LogP contribution in [0.3, 0.4) is 0 Å². The summed E-state index contributed by atoms with van der Waals surface area (Å²) in [5, 5.41) is 6.54. The summed E-state index contributed by atoms with van der Waals surface area (Å²) in [4.78, 5) is 4.79. The highest BCUT2D eigenvalue weighted by Crippen LogP contribution is 2.37. The molecule has 5 heteroatoms. The highest BCUT2D eigenvalue weighted by molar-refractivity contribution is 7.13. The van der Waals surface area contributed by atoms with E-state index in [1.165, 1.54) is 0 Å². The summed E-state index contributed by atoms with van der Waals surface area (Å²) in [6.45, 7) is 4.95. The van der Waals surface area contributed by atoms with E-state index >= 15 is 0 Å². The summed E-state index contributed by atoms with van der Waals surface area (Å²) in [5.74, 6) is 1.75. The number of anilines is 1. The van der Waals surface area contributed by atoms with Gasteiger partial charge in [-0.1, -0.05) is 0 Å². The molecule has 0 atom stereocenters. The Morgan fingerprint density at radius 2 is 1.88 bits per heavy atom. The Balaban J connectivity index is 1.62. The molecule has 1 aliphatic rings. The van der Waals surface area contributed by atoms with Crippen LogP contribution in [0.25, 0.3) is 21.8 Å². The molecule has 128 valence electrons. The number of hydrogen-bond acceptors (Lipinski definition) is 5. The summed E-state index contributed by atoms with van der Waals surface area (Å²) in [7, 11) is 1.67. The molecular weight excluding hydrogens is 332 g/mol. The lowest BCUT2D eigenvalue weighted by Gasteiger charge is -2.33. The van der Waals surface area contributed by atoms with Crippen LogP contribution in [0.4, 0.5) is 5.69 Å². The van der Waals surface area contributed by atoms with E-state index < -0.39 is 0 Å². The maximum absolute atomic E-state index is 6.02. The lowest BCUT2D eigenvalue weighted by atomic mass is 10.1. The molecule has 1 N–H and O–H groups in total. The maximum atomic E-state index is 6.02. The highest BCUT2D eigenvalue weighted by Gasteiger charge is 2.26. The fourth-order valence-corrected chi connectivity index (χ4v) is 3.66. The second-order valence-electron chi connectivity index (χ2n) is 6.69. The summed E-state index contributed by atoms with van der Waals surface area (Å²) >= 11 is 1.65. The van der Waals surface area contributed by atoms with Crippen molar-refractivity contribution in [2.24, 2.45) is 0 Å². The molecule has 0 saturated carbocycles. The average molecular weight is 352 g/mol. The van der Waals surface area contributed by atoms with E-state index in [4.69, 9.17) is 14.5 Å². The molecule has 1 aliphatic heterocycles. The molecule has 0 amide bonds. The number of hydrogen-bond donors (Lipinski definition) is 1. The first kappa shape index (κ1) is 16.0. The Labute approximate surface area is 151 Å². The highest BCUT2D eigenvalue weighted by atomic mass is 32.1. The van der Waals surface area contributed by atoms with Gasteiger partial charge in [0.25, 0.3) is 0 Å². The van der Waals surface area contributed by atoms with E-state index in [2.05, 4.69) is 36.7 Å². The van der Waals surface area contributed by atoms with E-state index in [-0.39, 0.29) is 5.60 Å². The largest absolute Gasteiger partial charge is 0.497 e. The smallest absolute Gasteiger partial charge is 0.143 e. The number of rotatable bonds is 3. The van der Waals surface area contributed by atoms with Crippen LogP contribution >= 0.6 is 11.3 Å². The van der Waals surface area contributed by atoms with Gasteiger partial charge in [-0.05, 0) is 56.3 Å². The first-order valence-electron chi connectivity index (χ1n) is 8.21. The first-order chi connectivity index (χ1) is 12.0. The number of nitrogens with one attached hydrogen (secondary N) is 1. The molecular formula is C20H20N2O2S. The Morgan fingerprint density at radius 3 is 2.64 bits per heavy atom. The number of fused-ring (bicyclic) bond motifs is 1. The number of aromatic nitrogens is 1. The molecule has 0 aliphatic carbocycles. The SMILES string of the molecule is COc1ccc(-c2csc(-c3ccc4c(c3)NCC(C)(C)O4)n2)cc1. The molecule has 0 spiro atoms. The van der Waals surface area contributed by atoms with Crippen molar-refractivity contribution in [2.75, 3.05) is 19.0 Å². The third-order valence-electron chi connectivity index (χ3n) is 4.21. The molecule has 0 unspecified atom stereocenters. The monoisotopic (exact) mass is 352 g/mol. The Bertz CT molecular complexity index is 900. The van der Waals surface area contributed by atoms with Gasteiger partial charge in [0, 0.05) is 16.5 Å². The standard InChI is InChI=1S/C20H20N2O2S/c1-20(2)12-21-16-10-14(6-9-18(16)24-20)19-22-17(11-25-19)13-4-7-15(23-3)8-5-13/h4-11,21H,12H2,1-3H3. The van der Waals surface area contributed by atoms with Gasteiger partial charge in [0.2, 0.25) is 0 Å². The molecule has 1 aromatic heterocycles. The molecule has 0 fully saturated rings. The second kappa shape index (κ2) is 6.08. The van der Waals surface area contributed by atoms with Gasteiger partial charge in [-0.2, -0.15) is 0 Å². The molecule has 2 aromatic carbocycles. The first-order valence-corrected chi connectivity index (χ1v) is 9.09. The average Bonchev–Trinajstić information content (AvgIpc) is 3.11. The molecule has 0 radical (unpaired) electrons. The Hall–Kier alpha value is -2.53. The van der Waals surface area contributed by atoms with E-state index in [0.29, 0.717) is 0 Å². The van der Waals surface area contributed by atoms with E-state index in [1.807, 2.05) is 30.3 Å². The zero-order valence-corrected chi connectivity index (χ0v) is 15.3. The van der Waals surface area contributed by atoms with Gasteiger partial charge >= 0.3 is 0 Å². The zero-order chi connectivity index (χ0) is 17.4. The van der Waals surface area contributed by atoms with Crippen LogP contribution < -0.4 is 14.8 Å². The molecule has 3 aromatic rings. The fourth-order valence-electron chi connectivity index (χ4n) is 2.83. The van der Waals surface area contributed by atoms with Crippen LogP contribution in [0.5, 0.6) is 11.5 Å². The third-order valence-corrected chi connectivity index (χ3v) is 5.10. The minimum atomic E-state index is -0.183. The topological polar surface area (TPSA) is 43.4 Å². The predicted octanol–water partition coefficient (Wildman–Crippen LogP) is 5.07. The summed E-state index contributed by atoms with van der Waals surface area (Å²) in [6, 6.07) is 14.2.